The minimum atomic E-state index is -1.65. The molecule has 0 saturated carbocycles. The number of ketones is 1. The molecule has 0 radical (unpaired) electrons. The molecule has 6 rings (SSSR count). The third kappa shape index (κ3) is 5.89. The fourth-order valence-corrected chi connectivity index (χ4v) is 5.53. The minimum absolute atomic E-state index is 0.00961. The van der Waals surface area contributed by atoms with Crippen LogP contribution in [0.25, 0.3) is 16.9 Å². The van der Waals surface area contributed by atoms with E-state index in [4.69, 9.17) is 0 Å². The maximum absolute atomic E-state index is 13.8. The minimum Gasteiger partial charge on any atom is -0.480 e. The number of carbonyl (C=O) groups excluding carboxylic acids is 3. The molecule has 1 aliphatic carbocycles. The third-order valence-corrected chi connectivity index (χ3v) is 7.79. The molecule has 226 valence electrons. The first-order valence-electron chi connectivity index (χ1n) is 14.5. The molecule has 1 heterocycles. The number of hydrogen-bond donors (Lipinski definition) is 3. The number of Topliss-reactive ketones (excluding diaryl/α,β-unsaturated/α-hetero) is 1. The Morgan fingerprint density at radius 1 is 0.891 bits per heavy atom. The van der Waals surface area contributed by atoms with Gasteiger partial charge in [-0.1, -0.05) is 72.8 Å². The van der Waals surface area contributed by atoms with E-state index in [0.717, 1.165) is 11.1 Å². The predicted octanol–water partition coefficient (Wildman–Crippen LogP) is 4.83. The fraction of sp³-hybridized carbons (Fsp3) is 0.111. The normalized spacial score (nSPS) is 12.6. The summed E-state index contributed by atoms with van der Waals surface area (Å²) in [7, 11) is 0. The van der Waals surface area contributed by atoms with Crippen molar-refractivity contribution in [1.29, 1.82) is 5.26 Å². The molecule has 2 amide bonds. The van der Waals surface area contributed by atoms with Crippen LogP contribution in [0.2, 0.25) is 0 Å². The van der Waals surface area contributed by atoms with Crippen molar-refractivity contribution >= 4 is 29.3 Å². The zero-order valence-electron chi connectivity index (χ0n) is 24.4. The molecular formula is C36H27N5O5. The molecule has 1 aromatic heterocycles. The SMILES string of the molecule is N#CC(C(=O)Nc1ccccc1)C(=O)c1nn(-c2ccccc2)c2c1Cc1ccc(C(=O)N[C@@H](Cc3ccccc3)C(=O)O)cc1-2. The van der Waals surface area contributed by atoms with E-state index in [0.29, 0.717) is 28.2 Å². The topological polar surface area (TPSA) is 154 Å². The summed E-state index contributed by atoms with van der Waals surface area (Å²) in [4.78, 5) is 52.2. The monoisotopic (exact) mass is 609 g/mol. The maximum atomic E-state index is 13.8. The van der Waals surface area contributed by atoms with Gasteiger partial charge >= 0.3 is 5.97 Å². The van der Waals surface area contributed by atoms with Gasteiger partial charge in [0, 0.05) is 35.2 Å². The largest absolute Gasteiger partial charge is 0.480 e. The molecule has 0 saturated heterocycles. The summed E-state index contributed by atoms with van der Waals surface area (Å²) in [5.41, 5.74) is 4.61. The second-order valence-corrected chi connectivity index (χ2v) is 10.8. The Morgan fingerprint density at radius 3 is 2.20 bits per heavy atom. The summed E-state index contributed by atoms with van der Waals surface area (Å²) in [5.74, 6) is -4.87. The van der Waals surface area contributed by atoms with Crippen molar-refractivity contribution in [1.82, 2.24) is 15.1 Å². The lowest BCUT2D eigenvalue weighted by molar-refractivity contribution is -0.139. The zero-order valence-corrected chi connectivity index (χ0v) is 24.4. The number of amides is 2. The summed E-state index contributed by atoms with van der Waals surface area (Å²) >= 11 is 0. The van der Waals surface area contributed by atoms with Crippen LogP contribution < -0.4 is 10.6 Å². The highest BCUT2D eigenvalue weighted by atomic mass is 16.4. The average molecular weight is 610 g/mol. The smallest absolute Gasteiger partial charge is 0.326 e. The standard InChI is InChI=1S/C36H27N5O5/c37-21-29(35(44)38-25-12-6-2-7-13-25)33(42)31-28-19-23-16-17-24(20-27(23)32(28)41(40-31)26-14-8-3-9-15-26)34(43)39-30(36(45)46)18-22-10-4-1-5-11-22/h1-17,20,29-30H,18-19H2,(H,38,44)(H,39,43)(H,45,46)/t29?,30-/m0/s1. The number of hydrogen-bond acceptors (Lipinski definition) is 6. The predicted molar refractivity (Wildman–Crippen MR) is 169 cm³/mol. The molecule has 5 aromatic rings. The van der Waals surface area contributed by atoms with Crippen LogP contribution in [0.15, 0.2) is 109 Å². The van der Waals surface area contributed by atoms with Crippen LogP contribution in [0.1, 0.15) is 37.5 Å². The van der Waals surface area contributed by atoms with E-state index >= 15 is 0 Å². The Labute approximate surface area is 263 Å². The van der Waals surface area contributed by atoms with E-state index in [2.05, 4.69) is 15.7 Å². The van der Waals surface area contributed by atoms with Crippen molar-refractivity contribution in [2.45, 2.75) is 18.9 Å². The molecule has 2 atom stereocenters. The van der Waals surface area contributed by atoms with E-state index in [-0.39, 0.29) is 24.1 Å². The van der Waals surface area contributed by atoms with Crippen molar-refractivity contribution in [2.24, 2.45) is 5.92 Å². The molecule has 0 bridgehead atoms. The number of nitrogens with zero attached hydrogens (tertiary/aromatic N) is 3. The number of para-hydroxylation sites is 2. The van der Waals surface area contributed by atoms with Gasteiger partial charge in [-0.05, 0) is 47.5 Å². The van der Waals surface area contributed by atoms with E-state index in [1.54, 1.807) is 89.6 Å². The summed E-state index contributed by atoms with van der Waals surface area (Å²) < 4.78 is 1.58. The highest BCUT2D eigenvalue weighted by Gasteiger charge is 2.37. The van der Waals surface area contributed by atoms with Crippen molar-refractivity contribution in [3.63, 3.8) is 0 Å². The van der Waals surface area contributed by atoms with Crippen molar-refractivity contribution < 1.29 is 24.3 Å². The van der Waals surface area contributed by atoms with Gasteiger partial charge in [0.25, 0.3) is 5.91 Å². The summed E-state index contributed by atoms with van der Waals surface area (Å²) in [6.45, 7) is 0. The molecule has 1 aliphatic rings. The summed E-state index contributed by atoms with van der Waals surface area (Å²) in [6, 6.07) is 32.4. The Bertz CT molecular complexity index is 2000. The molecule has 10 heteroatoms. The van der Waals surface area contributed by atoms with E-state index in [1.165, 1.54) is 0 Å². The van der Waals surface area contributed by atoms with E-state index in [1.807, 2.05) is 30.3 Å². The van der Waals surface area contributed by atoms with Crippen LogP contribution in [0.3, 0.4) is 0 Å². The number of aliphatic carboxylic acids is 1. The molecule has 10 nitrogen and oxygen atoms in total. The number of benzene rings is 4. The van der Waals surface area contributed by atoms with Crippen LogP contribution >= 0.6 is 0 Å². The molecule has 1 unspecified atom stereocenters. The first-order valence-corrected chi connectivity index (χ1v) is 14.5. The number of fused-ring (bicyclic) bond motifs is 3. The first kappa shape index (κ1) is 29.7. The number of carboxylic acids is 1. The van der Waals surface area contributed by atoms with Gasteiger partial charge < -0.3 is 15.7 Å². The highest BCUT2D eigenvalue weighted by Crippen LogP contribution is 2.41. The van der Waals surface area contributed by atoms with Crippen LogP contribution in [0.5, 0.6) is 0 Å². The number of carboxylic acid groups (broad SMARTS) is 1. The van der Waals surface area contributed by atoms with Crippen molar-refractivity contribution in [2.75, 3.05) is 5.32 Å². The quantitative estimate of drug-likeness (QED) is 0.148. The molecule has 46 heavy (non-hydrogen) atoms. The Balaban J connectivity index is 1.34. The number of nitrogens with one attached hydrogen (secondary N) is 2. The summed E-state index contributed by atoms with van der Waals surface area (Å²) in [5, 5.41) is 29.6. The molecule has 3 N–H and O–H groups in total. The second kappa shape index (κ2) is 12.7. The number of nitriles is 1. The second-order valence-electron chi connectivity index (χ2n) is 10.8. The molecule has 0 spiro atoms. The van der Waals surface area contributed by atoms with E-state index < -0.39 is 35.5 Å². The molecular weight excluding hydrogens is 582 g/mol. The Morgan fingerprint density at radius 2 is 1.54 bits per heavy atom. The van der Waals surface area contributed by atoms with Crippen LogP contribution in [-0.4, -0.2) is 44.5 Å². The van der Waals surface area contributed by atoms with Crippen molar-refractivity contribution in [3.05, 3.63) is 137 Å². The third-order valence-electron chi connectivity index (χ3n) is 7.79. The van der Waals surface area contributed by atoms with Gasteiger partial charge in [-0.15, -0.1) is 0 Å². The lowest BCUT2D eigenvalue weighted by Crippen LogP contribution is -2.42. The molecule has 0 fully saturated rings. The Hall–Kier alpha value is -6.34. The molecule has 4 aromatic carbocycles. The van der Waals surface area contributed by atoms with Gasteiger partial charge in [0.15, 0.2) is 5.92 Å². The highest BCUT2D eigenvalue weighted by molar-refractivity contribution is 6.16. The zero-order chi connectivity index (χ0) is 32.2. The first-order chi connectivity index (χ1) is 22.3. The van der Waals surface area contributed by atoms with Crippen LogP contribution in [-0.2, 0) is 22.4 Å². The number of carbonyl (C=O) groups is 4. The lowest BCUT2D eigenvalue weighted by Gasteiger charge is -2.15. The lowest BCUT2D eigenvalue weighted by atomic mass is 9.98. The van der Waals surface area contributed by atoms with Crippen molar-refractivity contribution in [3.8, 4) is 23.0 Å². The average Bonchev–Trinajstić information content (AvgIpc) is 3.63. The molecule has 0 aliphatic heterocycles. The number of anilines is 1. The van der Waals surface area contributed by atoms with Gasteiger partial charge in [0.05, 0.1) is 17.5 Å². The van der Waals surface area contributed by atoms with E-state index in [9.17, 15) is 29.5 Å². The Kier molecular flexibility index (Phi) is 8.22. The van der Waals surface area contributed by atoms with Gasteiger partial charge in [-0.3, -0.25) is 14.4 Å². The van der Waals surface area contributed by atoms with Gasteiger partial charge in [0.1, 0.15) is 11.7 Å². The van der Waals surface area contributed by atoms with Gasteiger partial charge in [0.2, 0.25) is 11.7 Å². The summed E-state index contributed by atoms with van der Waals surface area (Å²) in [6.07, 6.45) is 0.395. The van der Waals surface area contributed by atoms with Crippen LogP contribution in [0.4, 0.5) is 5.69 Å². The number of aromatic nitrogens is 2. The van der Waals surface area contributed by atoms with Crippen LogP contribution in [0, 0.1) is 17.2 Å². The maximum Gasteiger partial charge on any atom is 0.326 e. The number of rotatable bonds is 10. The fourth-order valence-electron chi connectivity index (χ4n) is 5.53. The van der Waals surface area contributed by atoms with Gasteiger partial charge in [-0.25, -0.2) is 9.48 Å². The van der Waals surface area contributed by atoms with Gasteiger partial charge in [-0.2, -0.15) is 10.4 Å².